The standard InChI is InChI=1S/C15H19N3OS2/c1-2-4-12(5-3-1)8-14-17-15(19-18-14)9-16-13-10-20-6-7-21-11-13/h1-5,13,16H,6-11H2. The van der Waals surface area contributed by atoms with E-state index in [1.165, 1.54) is 17.1 Å². The molecule has 0 bridgehead atoms. The van der Waals surface area contributed by atoms with E-state index in [2.05, 4.69) is 27.6 Å². The van der Waals surface area contributed by atoms with Gasteiger partial charge in [0, 0.05) is 35.5 Å². The fourth-order valence-corrected chi connectivity index (χ4v) is 4.64. The summed E-state index contributed by atoms with van der Waals surface area (Å²) in [7, 11) is 0. The second kappa shape index (κ2) is 7.87. The van der Waals surface area contributed by atoms with Crippen LogP contribution in [0.25, 0.3) is 0 Å². The molecule has 1 aromatic carbocycles. The first-order chi connectivity index (χ1) is 10.4. The lowest BCUT2D eigenvalue weighted by Crippen LogP contribution is -2.32. The zero-order chi connectivity index (χ0) is 14.3. The van der Waals surface area contributed by atoms with Crippen LogP contribution in [0.3, 0.4) is 0 Å². The fourth-order valence-electron chi connectivity index (χ4n) is 2.18. The topological polar surface area (TPSA) is 51.0 Å². The molecule has 21 heavy (non-hydrogen) atoms. The lowest BCUT2D eigenvalue weighted by atomic mass is 10.1. The molecule has 6 heteroatoms. The van der Waals surface area contributed by atoms with Crippen LogP contribution in [0.15, 0.2) is 34.9 Å². The highest BCUT2D eigenvalue weighted by Crippen LogP contribution is 2.16. The number of benzene rings is 1. The molecule has 1 aliphatic rings. The lowest BCUT2D eigenvalue weighted by molar-refractivity contribution is 0.359. The first-order valence-electron chi connectivity index (χ1n) is 7.14. The molecule has 112 valence electrons. The third-order valence-corrected chi connectivity index (χ3v) is 5.79. The summed E-state index contributed by atoms with van der Waals surface area (Å²) in [5, 5.41) is 7.57. The van der Waals surface area contributed by atoms with Crippen molar-refractivity contribution in [1.82, 2.24) is 15.5 Å². The SMILES string of the molecule is c1ccc(Cc2noc(CNC3CSCCSC3)n2)cc1. The number of thioether (sulfide) groups is 2. The second-order valence-corrected chi connectivity index (χ2v) is 7.29. The third-order valence-electron chi connectivity index (χ3n) is 3.27. The molecule has 2 heterocycles. The Balaban J connectivity index is 1.50. The van der Waals surface area contributed by atoms with Gasteiger partial charge in [-0.15, -0.1) is 0 Å². The smallest absolute Gasteiger partial charge is 0.240 e. The van der Waals surface area contributed by atoms with Gasteiger partial charge in [-0.25, -0.2) is 0 Å². The molecule has 0 radical (unpaired) electrons. The minimum absolute atomic E-state index is 0.534. The summed E-state index contributed by atoms with van der Waals surface area (Å²) in [6.45, 7) is 0.660. The largest absolute Gasteiger partial charge is 0.338 e. The summed E-state index contributed by atoms with van der Waals surface area (Å²) < 4.78 is 5.32. The average Bonchev–Trinajstić information content (AvgIpc) is 2.80. The highest BCUT2D eigenvalue weighted by atomic mass is 32.2. The number of hydrogen-bond donors (Lipinski definition) is 1. The highest BCUT2D eigenvalue weighted by Gasteiger charge is 2.14. The van der Waals surface area contributed by atoms with Crippen molar-refractivity contribution < 1.29 is 4.52 Å². The minimum Gasteiger partial charge on any atom is -0.338 e. The van der Waals surface area contributed by atoms with Crippen molar-refractivity contribution in [3.05, 3.63) is 47.6 Å². The van der Waals surface area contributed by atoms with Gasteiger partial charge in [0.05, 0.1) is 6.54 Å². The van der Waals surface area contributed by atoms with E-state index in [-0.39, 0.29) is 0 Å². The molecule has 3 rings (SSSR count). The highest BCUT2D eigenvalue weighted by molar-refractivity contribution is 8.03. The van der Waals surface area contributed by atoms with Gasteiger partial charge in [-0.3, -0.25) is 0 Å². The van der Waals surface area contributed by atoms with Crippen LogP contribution in [0, 0.1) is 0 Å². The summed E-state index contributed by atoms with van der Waals surface area (Å²) in [6.07, 6.45) is 0.722. The molecule has 0 saturated carbocycles. The molecule has 1 aromatic heterocycles. The molecule has 0 atom stereocenters. The Kier molecular flexibility index (Phi) is 5.60. The second-order valence-electron chi connectivity index (χ2n) is 4.99. The van der Waals surface area contributed by atoms with Crippen molar-refractivity contribution in [2.24, 2.45) is 0 Å². The molecule has 0 unspecified atom stereocenters. The Hall–Kier alpha value is -0.980. The van der Waals surface area contributed by atoms with Crippen LogP contribution in [0.5, 0.6) is 0 Å². The normalized spacial score (nSPS) is 16.8. The van der Waals surface area contributed by atoms with E-state index in [4.69, 9.17) is 4.52 Å². The first-order valence-corrected chi connectivity index (χ1v) is 9.45. The molecule has 1 N–H and O–H groups in total. The summed E-state index contributed by atoms with van der Waals surface area (Å²) in [5.74, 6) is 6.27. The summed E-state index contributed by atoms with van der Waals surface area (Å²) in [5.41, 5.74) is 1.20. The average molecular weight is 321 g/mol. The number of aromatic nitrogens is 2. The summed E-state index contributed by atoms with van der Waals surface area (Å²) in [6, 6.07) is 10.8. The fraction of sp³-hybridized carbons (Fsp3) is 0.467. The third kappa shape index (κ3) is 4.76. The van der Waals surface area contributed by atoms with Gasteiger partial charge in [-0.05, 0) is 5.56 Å². The van der Waals surface area contributed by atoms with Crippen molar-refractivity contribution in [2.45, 2.75) is 19.0 Å². The Bertz CT molecular complexity index is 539. The molecule has 1 fully saturated rings. The maximum Gasteiger partial charge on any atom is 0.240 e. The number of hydrogen-bond acceptors (Lipinski definition) is 6. The lowest BCUT2D eigenvalue weighted by Gasteiger charge is -2.13. The van der Waals surface area contributed by atoms with Crippen molar-refractivity contribution >= 4 is 23.5 Å². The molecule has 0 aliphatic carbocycles. The number of nitrogens with one attached hydrogen (secondary N) is 1. The molecule has 4 nitrogen and oxygen atoms in total. The van der Waals surface area contributed by atoms with Gasteiger partial charge in [0.1, 0.15) is 0 Å². The maximum atomic E-state index is 5.32. The van der Waals surface area contributed by atoms with Crippen molar-refractivity contribution in [3.8, 4) is 0 Å². The van der Waals surface area contributed by atoms with E-state index in [9.17, 15) is 0 Å². The van der Waals surface area contributed by atoms with E-state index >= 15 is 0 Å². The Morgan fingerprint density at radius 3 is 2.67 bits per heavy atom. The zero-order valence-corrected chi connectivity index (χ0v) is 13.5. The Labute approximate surface area is 133 Å². The van der Waals surface area contributed by atoms with Crippen molar-refractivity contribution in [2.75, 3.05) is 23.0 Å². The Morgan fingerprint density at radius 1 is 1.14 bits per heavy atom. The predicted octanol–water partition coefficient (Wildman–Crippen LogP) is 2.60. The molecule has 2 aromatic rings. The van der Waals surface area contributed by atoms with Gasteiger partial charge < -0.3 is 9.84 Å². The van der Waals surface area contributed by atoms with E-state index in [0.717, 1.165) is 23.8 Å². The number of rotatable bonds is 5. The minimum atomic E-state index is 0.534. The van der Waals surface area contributed by atoms with Crippen molar-refractivity contribution in [3.63, 3.8) is 0 Å². The van der Waals surface area contributed by atoms with Gasteiger partial charge in [0.15, 0.2) is 5.82 Å². The monoisotopic (exact) mass is 321 g/mol. The van der Waals surface area contributed by atoms with E-state index < -0.39 is 0 Å². The van der Waals surface area contributed by atoms with Crippen LogP contribution in [0.4, 0.5) is 0 Å². The van der Waals surface area contributed by atoms with E-state index in [1.54, 1.807) is 0 Å². The summed E-state index contributed by atoms with van der Waals surface area (Å²) in [4.78, 5) is 4.46. The molecular weight excluding hydrogens is 302 g/mol. The van der Waals surface area contributed by atoms with Gasteiger partial charge in [-0.1, -0.05) is 35.5 Å². The van der Waals surface area contributed by atoms with E-state index in [0.29, 0.717) is 18.5 Å². The van der Waals surface area contributed by atoms with Gasteiger partial charge in [0.2, 0.25) is 5.89 Å². The molecule has 1 saturated heterocycles. The van der Waals surface area contributed by atoms with Crippen LogP contribution in [-0.2, 0) is 13.0 Å². The van der Waals surface area contributed by atoms with Gasteiger partial charge in [-0.2, -0.15) is 28.5 Å². The molecular formula is C15H19N3OS2. The van der Waals surface area contributed by atoms with Crippen molar-refractivity contribution in [1.29, 1.82) is 0 Å². The van der Waals surface area contributed by atoms with Crippen LogP contribution >= 0.6 is 23.5 Å². The molecule has 0 amide bonds. The predicted molar refractivity (Wildman–Crippen MR) is 88.8 cm³/mol. The summed E-state index contributed by atoms with van der Waals surface area (Å²) >= 11 is 4.03. The van der Waals surface area contributed by atoms with Gasteiger partial charge >= 0.3 is 0 Å². The molecule has 0 spiro atoms. The maximum absolute atomic E-state index is 5.32. The quantitative estimate of drug-likeness (QED) is 0.913. The van der Waals surface area contributed by atoms with Gasteiger partial charge in [0.25, 0.3) is 0 Å². The van der Waals surface area contributed by atoms with Crippen LogP contribution in [0.2, 0.25) is 0 Å². The first kappa shape index (κ1) is 14.9. The molecule has 1 aliphatic heterocycles. The van der Waals surface area contributed by atoms with Crippen LogP contribution < -0.4 is 5.32 Å². The van der Waals surface area contributed by atoms with Crippen LogP contribution in [0.1, 0.15) is 17.3 Å². The van der Waals surface area contributed by atoms with E-state index in [1.807, 2.05) is 41.7 Å². The Morgan fingerprint density at radius 2 is 1.90 bits per heavy atom. The van der Waals surface area contributed by atoms with Crippen LogP contribution in [-0.4, -0.2) is 39.2 Å². The zero-order valence-electron chi connectivity index (χ0n) is 11.8. The number of nitrogens with zero attached hydrogens (tertiary/aromatic N) is 2.